The van der Waals surface area contributed by atoms with E-state index in [0.717, 1.165) is 60.6 Å². The maximum absolute atomic E-state index is 6.24. The van der Waals surface area contributed by atoms with E-state index in [1.165, 1.54) is 49.9 Å². The van der Waals surface area contributed by atoms with Crippen LogP contribution in [0.2, 0.25) is 0 Å². The molecule has 0 radical (unpaired) electrons. The highest BCUT2D eigenvalue weighted by molar-refractivity contribution is 6.19. The topological polar surface area (TPSA) is 56.7 Å². The van der Waals surface area contributed by atoms with Crippen LogP contribution in [0.3, 0.4) is 0 Å². The van der Waals surface area contributed by atoms with Gasteiger partial charge >= 0.3 is 0 Å². The molecule has 9 aromatic carbocycles. The van der Waals surface area contributed by atoms with Gasteiger partial charge in [0, 0.05) is 32.7 Å². The Kier molecular flexibility index (Phi) is 6.97. The molecule has 5 nitrogen and oxygen atoms in total. The summed E-state index contributed by atoms with van der Waals surface area (Å²) in [6.45, 7) is 0. The van der Waals surface area contributed by atoms with Gasteiger partial charge in [-0.3, -0.25) is 4.57 Å². The van der Waals surface area contributed by atoms with Crippen molar-refractivity contribution in [3.05, 3.63) is 229 Å². The van der Waals surface area contributed by atoms with Gasteiger partial charge in [-0.15, -0.1) is 0 Å². The molecule has 0 saturated heterocycles. The lowest BCUT2D eigenvalue weighted by molar-refractivity contribution is 0.669. The molecule has 292 valence electrons. The Labute approximate surface area is 362 Å². The molecule has 63 heavy (non-hydrogen) atoms. The third-order valence-electron chi connectivity index (χ3n) is 13.5. The van der Waals surface area contributed by atoms with Gasteiger partial charge in [-0.25, -0.2) is 4.98 Å². The Balaban J connectivity index is 0.998. The third-order valence-corrected chi connectivity index (χ3v) is 13.5. The number of nitrogens with zero attached hydrogens (tertiary/aromatic N) is 4. The van der Waals surface area contributed by atoms with Crippen molar-refractivity contribution < 1.29 is 4.42 Å². The molecular formula is C58H34N4O. The van der Waals surface area contributed by atoms with Gasteiger partial charge in [-0.05, 0) is 79.9 Å². The van der Waals surface area contributed by atoms with Gasteiger partial charge in [0.25, 0.3) is 0 Å². The number of rotatable bonds is 4. The summed E-state index contributed by atoms with van der Waals surface area (Å²) in [4.78, 5) is 15.8. The zero-order valence-electron chi connectivity index (χ0n) is 33.8. The van der Waals surface area contributed by atoms with Crippen molar-refractivity contribution in [1.82, 2.24) is 19.5 Å². The van der Waals surface area contributed by atoms with E-state index in [1.807, 2.05) is 36.4 Å². The Morgan fingerprint density at radius 1 is 0.349 bits per heavy atom. The highest BCUT2D eigenvalue weighted by Crippen LogP contribution is 2.64. The Bertz CT molecular complexity index is 3810. The van der Waals surface area contributed by atoms with Crippen LogP contribution in [-0.4, -0.2) is 19.5 Å². The van der Waals surface area contributed by atoms with Crippen molar-refractivity contribution in [3.63, 3.8) is 0 Å². The molecule has 2 aliphatic rings. The first kappa shape index (κ1) is 34.3. The van der Waals surface area contributed by atoms with Gasteiger partial charge in [0.2, 0.25) is 5.95 Å². The lowest BCUT2D eigenvalue weighted by Gasteiger charge is -2.30. The molecule has 0 fully saturated rings. The summed E-state index contributed by atoms with van der Waals surface area (Å²) in [5.41, 5.74) is 17.8. The normalized spacial score (nSPS) is 13.2. The number of benzene rings is 9. The highest BCUT2D eigenvalue weighted by Gasteiger charge is 2.52. The predicted octanol–water partition coefficient (Wildman–Crippen LogP) is 14.2. The van der Waals surface area contributed by atoms with E-state index < -0.39 is 5.41 Å². The van der Waals surface area contributed by atoms with Gasteiger partial charge in [0.1, 0.15) is 11.2 Å². The smallest absolute Gasteiger partial charge is 0.238 e. The third kappa shape index (κ3) is 4.63. The lowest BCUT2D eigenvalue weighted by Crippen LogP contribution is -2.25. The molecule has 2 aliphatic carbocycles. The van der Waals surface area contributed by atoms with Crippen molar-refractivity contribution in [3.8, 4) is 62.1 Å². The van der Waals surface area contributed by atoms with E-state index in [2.05, 4.69) is 174 Å². The maximum atomic E-state index is 6.24. The molecule has 5 heteroatoms. The van der Waals surface area contributed by atoms with Crippen molar-refractivity contribution in [1.29, 1.82) is 0 Å². The fraction of sp³-hybridized carbons (Fsp3) is 0.0172. The second kappa shape index (κ2) is 12.8. The molecular weight excluding hydrogens is 769 g/mol. The molecule has 0 atom stereocenters. The molecule has 0 aliphatic heterocycles. The van der Waals surface area contributed by atoms with Crippen LogP contribution in [0.1, 0.15) is 22.3 Å². The number of fused-ring (bicyclic) bond motifs is 17. The van der Waals surface area contributed by atoms with E-state index in [9.17, 15) is 0 Å². The van der Waals surface area contributed by atoms with Crippen molar-refractivity contribution >= 4 is 43.7 Å². The molecule has 0 amide bonds. The minimum Gasteiger partial charge on any atom is -0.456 e. The average molecular weight is 803 g/mol. The van der Waals surface area contributed by atoms with Crippen molar-refractivity contribution in [2.75, 3.05) is 0 Å². The Hall–Kier alpha value is -8.41. The first-order valence-electron chi connectivity index (χ1n) is 21.4. The fourth-order valence-corrected chi connectivity index (χ4v) is 11.0. The van der Waals surface area contributed by atoms with E-state index >= 15 is 0 Å². The van der Waals surface area contributed by atoms with Crippen LogP contribution in [0.4, 0.5) is 0 Å². The highest BCUT2D eigenvalue weighted by atomic mass is 16.3. The minimum absolute atomic E-state index is 0.445. The molecule has 0 N–H and O–H groups in total. The second-order valence-corrected chi connectivity index (χ2v) is 16.6. The molecule has 12 aromatic rings. The van der Waals surface area contributed by atoms with Crippen LogP contribution in [0.5, 0.6) is 0 Å². The number of hydrogen-bond donors (Lipinski definition) is 0. The molecule has 1 spiro atoms. The van der Waals surface area contributed by atoms with Gasteiger partial charge < -0.3 is 4.42 Å². The molecule has 0 unspecified atom stereocenters. The SMILES string of the molecule is c1ccc(-c2nc(-c3ccc(-c4cccc5oc6ccccc6c45)cc3)nc(-n3c4ccccc4c4c5c(ccc43)C3(c4ccccc4-c4ccccc43)c3ccccc3-5)n2)cc1. The zero-order valence-corrected chi connectivity index (χ0v) is 33.8. The summed E-state index contributed by atoms with van der Waals surface area (Å²) in [6, 6.07) is 73.6. The van der Waals surface area contributed by atoms with Crippen molar-refractivity contribution in [2.45, 2.75) is 5.41 Å². The molecule has 0 saturated carbocycles. The van der Waals surface area contributed by atoms with Crippen LogP contribution in [0, 0.1) is 0 Å². The van der Waals surface area contributed by atoms with Crippen molar-refractivity contribution in [2.24, 2.45) is 0 Å². The first-order valence-corrected chi connectivity index (χ1v) is 21.4. The molecule has 0 bridgehead atoms. The van der Waals surface area contributed by atoms with E-state index in [-0.39, 0.29) is 0 Å². The first-order chi connectivity index (χ1) is 31.3. The molecule has 3 aromatic heterocycles. The van der Waals surface area contributed by atoms with Crippen LogP contribution in [0.15, 0.2) is 211 Å². The summed E-state index contributed by atoms with van der Waals surface area (Å²) in [7, 11) is 0. The largest absolute Gasteiger partial charge is 0.456 e. The molecule has 3 heterocycles. The monoisotopic (exact) mass is 802 g/mol. The second-order valence-electron chi connectivity index (χ2n) is 16.6. The Morgan fingerprint density at radius 2 is 0.905 bits per heavy atom. The predicted molar refractivity (Wildman–Crippen MR) is 254 cm³/mol. The Morgan fingerprint density at radius 3 is 1.65 bits per heavy atom. The lowest BCUT2D eigenvalue weighted by atomic mass is 9.70. The van der Waals surface area contributed by atoms with Gasteiger partial charge in [0.05, 0.1) is 16.4 Å². The van der Waals surface area contributed by atoms with Gasteiger partial charge in [-0.2, -0.15) is 9.97 Å². The van der Waals surface area contributed by atoms with Crippen LogP contribution in [-0.2, 0) is 5.41 Å². The van der Waals surface area contributed by atoms with Crippen LogP contribution in [0.25, 0.3) is 106 Å². The zero-order chi connectivity index (χ0) is 41.2. The fourth-order valence-electron chi connectivity index (χ4n) is 11.0. The average Bonchev–Trinajstić information content (AvgIpc) is 4.08. The van der Waals surface area contributed by atoms with Crippen LogP contribution >= 0.6 is 0 Å². The summed E-state index contributed by atoms with van der Waals surface area (Å²) in [6.07, 6.45) is 0. The summed E-state index contributed by atoms with van der Waals surface area (Å²) in [5.74, 6) is 1.79. The van der Waals surface area contributed by atoms with E-state index in [0.29, 0.717) is 17.6 Å². The summed E-state index contributed by atoms with van der Waals surface area (Å²) < 4.78 is 8.48. The number of para-hydroxylation sites is 2. The van der Waals surface area contributed by atoms with Gasteiger partial charge in [-0.1, -0.05) is 182 Å². The quantitative estimate of drug-likeness (QED) is 0.178. The molecule has 14 rings (SSSR count). The van der Waals surface area contributed by atoms with Gasteiger partial charge in [0.15, 0.2) is 11.6 Å². The maximum Gasteiger partial charge on any atom is 0.238 e. The van der Waals surface area contributed by atoms with E-state index in [4.69, 9.17) is 19.4 Å². The summed E-state index contributed by atoms with van der Waals surface area (Å²) >= 11 is 0. The number of hydrogen-bond acceptors (Lipinski definition) is 4. The minimum atomic E-state index is -0.445. The number of aromatic nitrogens is 4. The van der Waals surface area contributed by atoms with Crippen LogP contribution < -0.4 is 0 Å². The summed E-state index contributed by atoms with van der Waals surface area (Å²) in [5, 5.41) is 4.57. The van der Waals surface area contributed by atoms with E-state index in [1.54, 1.807) is 0 Å². The number of furan rings is 1. The standard InChI is InChI=1S/C58H34N4O/c1-2-15-36(16-3-1)55-59-56(37-31-29-35(30-32-37)38-22-14-28-51-52(38)43-21-8-13-27-50(43)63-51)61-57(60-55)62-48-26-12-7-20-42(48)54-49(62)34-33-47-53(54)41-19-6-11-25-46(41)58(47)44-23-9-4-17-39(44)40-18-5-10-24-45(40)58/h1-34H.